The summed E-state index contributed by atoms with van der Waals surface area (Å²) < 4.78 is 260. The van der Waals surface area contributed by atoms with E-state index >= 15 is 0 Å². The molecule has 0 aliphatic carbocycles. The summed E-state index contributed by atoms with van der Waals surface area (Å²) in [5.74, 6) is -59.6. The van der Waals surface area contributed by atoms with E-state index in [4.69, 9.17) is 0 Å². The number of hydrogen-bond donors (Lipinski definition) is 0. The normalized spacial score (nSPS) is 18.6. The van der Waals surface area contributed by atoms with Gasteiger partial charge in [0.25, 0.3) is 3.68 Å². The first kappa shape index (κ1) is 31.3. The summed E-state index contributed by atoms with van der Waals surface area (Å²) >= 11 is -1.82. The minimum atomic E-state index is -8.76. The molecule has 0 spiro atoms. The molecule has 194 valence electrons. The van der Waals surface area contributed by atoms with Gasteiger partial charge in [-0.15, -0.1) is 0 Å². The Morgan fingerprint density at radius 3 is 0.594 bits per heavy atom. The van der Waals surface area contributed by atoms with E-state index in [9.17, 15) is 92.2 Å². The molecule has 0 saturated heterocycles. The van der Waals surface area contributed by atoms with Crippen molar-refractivity contribution in [3.63, 3.8) is 0 Å². The topological polar surface area (TPSA) is 0 Å². The predicted octanol–water partition coefficient (Wildman–Crippen LogP) is 7.66. The lowest BCUT2D eigenvalue weighted by Gasteiger charge is -2.45. The quantitative estimate of drug-likeness (QED) is 0.152. The molecule has 0 aromatic carbocycles. The highest BCUT2D eigenvalue weighted by Crippen LogP contribution is 2.67. The standard InChI is InChI=1S/C10F21I/c11-1(12,2(13,14)6(21,22)9(26,27)28)4(17,18)8(25,32)5(19,20)3(15,16)7(23,24)10(29,30)31. The van der Waals surface area contributed by atoms with Gasteiger partial charge in [-0.25, -0.2) is 4.39 Å². The fourth-order valence-electron chi connectivity index (χ4n) is 1.54. The van der Waals surface area contributed by atoms with Crippen LogP contribution in [0.15, 0.2) is 0 Å². The summed E-state index contributed by atoms with van der Waals surface area (Å²) in [5.41, 5.74) is 0. The van der Waals surface area contributed by atoms with Gasteiger partial charge in [-0.2, -0.15) is 87.8 Å². The molecule has 0 amide bonds. The largest absolute Gasteiger partial charge is 0.460 e. The van der Waals surface area contributed by atoms with Crippen LogP contribution in [-0.4, -0.2) is 57.5 Å². The fourth-order valence-corrected chi connectivity index (χ4v) is 2.22. The van der Waals surface area contributed by atoms with Crippen LogP contribution in [0.5, 0.6) is 0 Å². The third-order valence-corrected chi connectivity index (χ3v) is 4.83. The van der Waals surface area contributed by atoms with Crippen LogP contribution in [0.25, 0.3) is 0 Å². The average molecular weight is 646 g/mol. The van der Waals surface area contributed by atoms with Crippen molar-refractivity contribution in [3.8, 4) is 0 Å². The van der Waals surface area contributed by atoms with Crippen LogP contribution in [0.3, 0.4) is 0 Å². The van der Waals surface area contributed by atoms with E-state index in [2.05, 4.69) is 0 Å². The molecule has 0 aromatic heterocycles. The molecule has 0 aliphatic heterocycles. The zero-order valence-electron chi connectivity index (χ0n) is 13.3. The van der Waals surface area contributed by atoms with Gasteiger partial charge in [0, 0.05) is 0 Å². The van der Waals surface area contributed by atoms with Crippen LogP contribution in [0.4, 0.5) is 92.2 Å². The van der Waals surface area contributed by atoms with Crippen molar-refractivity contribution in [2.24, 2.45) is 0 Å². The molecule has 0 aromatic rings. The first-order valence-electron chi connectivity index (χ1n) is 6.41. The zero-order chi connectivity index (χ0) is 27.0. The Morgan fingerprint density at radius 1 is 0.250 bits per heavy atom. The Kier molecular flexibility index (Phi) is 7.21. The molecule has 0 saturated carbocycles. The van der Waals surface area contributed by atoms with Gasteiger partial charge in [0.1, 0.15) is 0 Å². The fraction of sp³-hybridized carbons (Fsp3) is 1.00. The monoisotopic (exact) mass is 646 g/mol. The molecule has 0 nitrogen and oxygen atoms in total. The number of halogens is 22. The van der Waals surface area contributed by atoms with E-state index in [1.54, 1.807) is 0 Å². The molecule has 0 fully saturated rings. The molecule has 0 heterocycles. The van der Waals surface area contributed by atoms with E-state index in [1.807, 2.05) is 0 Å². The van der Waals surface area contributed by atoms with Crippen molar-refractivity contribution in [2.45, 2.75) is 57.5 Å². The minimum absolute atomic E-state index is 1.82. The maximum Gasteiger partial charge on any atom is 0.460 e. The second-order valence-electron chi connectivity index (χ2n) is 5.59. The van der Waals surface area contributed by atoms with Crippen molar-refractivity contribution in [1.29, 1.82) is 0 Å². The summed E-state index contributed by atoms with van der Waals surface area (Å²) in [4.78, 5) is 0. The SMILES string of the molecule is FC(F)(F)C(F)(F)C(F)(F)C(F)(F)C(F)(F)C(F)(I)C(F)(F)C(F)(F)C(F)(F)C(F)(F)F. The lowest BCUT2D eigenvalue weighted by molar-refractivity contribution is -0.447. The molecule has 0 bridgehead atoms. The van der Waals surface area contributed by atoms with E-state index in [0.29, 0.717) is 0 Å². The molecule has 0 rings (SSSR count). The summed E-state index contributed by atoms with van der Waals surface area (Å²) in [6, 6.07) is 0. The van der Waals surface area contributed by atoms with Crippen LogP contribution >= 0.6 is 22.6 Å². The maximum absolute atomic E-state index is 13.7. The lowest BCUT2D eigenvalue weighted by atomic mass is 9.89. The van der Waals surface area contributed by atoms with Gasteiger partial charge in [0.2, 0.25) is 0 Å². The predicted molar refractivity (Wildman–Crippen MR) is 64.6 cm³/mol. The second-order valence-corrected chi connectivity index (χ2v) is 7.08. The van der Waals surface area contributed by atoms with Gasteiger partial charge in [-0.05, 0) is 22.6 Å². The molecule has 1 unspecified atom stereocenters. The Hall–Kier alpha value is -0.740. The molecule has 0 radical (unpaired) electrons. The van der Waals surface area contributed by atoms with Crippen LogP contribution in [-0.2, 0) is 0 Å². The van der Waals surface area contributed by atoms with Crippen molar-refractivity contribution >= 4 is 22.6 Å². The van der Waals surface area contributed by atoms with Crippen molar-refractivity contribution in [1.82, 2.24) is 0 Å². The van der Waals surface area contributed by atoms with E-state index in [1.165, 1.54) is 0 Å². The van der Waals surface area contributed by atoms with Gasteiger partial charge in [-0.3, -0.25) is 0 Å². The van der Waals surface area contributed by atoms with Crippen LogP contribution in [0.1, 0.15) is 0 Å². The summed E-state index contributed by atoms with van der Waals surface area (Å²) in [7, 11) is 0. The highest BCUT2D eigenvalue weighted by atomic mass is 127. The van der Waals surface area contributed by atoms with Gasteiger partial charge in [-0.1, -0.05) is 0 Å². The molecule has 22 heteroatoms. The van der Waals surface area contributed by atoms with Gasteiger partial charge in [0.05, 0.1) is 0 Å². The smallest absolute Gasteiger partial charge is 0.218 e. The minimum Gasteiger partial charge on any atom is -0.218 e. The number of rotatable bonds is 7. The highest BCUT2D eigenvalue weighted by Gasteiger charge is 2.96. The summed E-state index contributed by atoms with van der Waals surface area (Å²) in [6.07, 6.45) is -15.8. The maximum atomic E-state index is 13.7. The van der Waals surface area contributed by atoms with Crippen molar-refractivity contribution in [2.75, 3.05) is 0 Å². The van der Waals surface area contributed by atoms with Gasteiger partial charge >= 0.3 is 53.8 Å². The molecular formula is C10F21I. The average Bonchev–Trinajstić information content (AvgIpc) is 2.51. The molecule has 0 aliphatic rings. The third kappa shape index (κ3) is 3.63. The number of alkyl halides is 22. The molecule has 1 atom stereocenters. The van der Waals surface area contributed by atoms with Gasteiger partial charge < -0.3 is 0 Å². The van der Waals surface area contributed by atoms with E-state index in [-0.39, 0.29) is 0 Å². The zero-order valence-corrected chi connectivity index (χ0v) is 15.5. The summed E-state index contributed by atoms with van der Waals surface area (Å²) in [5, 5.41) is 0. The lowest BCUT2D eigenvalue weighted by Crippen LogP contribution is -2.76. The van der Waals surface area contributed by atoms with E-state index < -0.39 is 80.1 Å². The van der Waals surface area contributed by atoms with Crippen LogP contribution in [0.2, 0.25) is 0 Å². The van der Waals surface area contributed by atoms with Crippen LogP contribution in [0, 0.1) is 0 Å². The molecule has 0 N–H and O–H groups in total. The van der Waals surface area contributed by atoms with Gasteiger partial charge in [0.15, 0.2) is 0 Å². The first-order valence-corrected chi connectivity index (χ1v) is 7.49. The van der Waals surface area contributed by atoms with Crippen molar-refractivity contribution in [3.05, 3.63) is 0 Å². The Morgan fingerprint density at radius 2 is 0.406 bits per heavy atom. The highest BCUT2D eigenvalue weighted by molar-refractivity contribution is 14.1. The Labute approximate surface area is 173 Å². The van der Waals surface area contributed by atoms with Crippen molar-refractivity contribution < 1.29 is 92.2 Å². The molecular weight excluding hydrogens is 646 g/mol. The molecule has 32 heavy (non-hydrogen) atoms. The van der Waals surface area contributed by atoms with Crippen LogP contribution < -0.4 is 0 Å². The number of hydrogen-bond acceptors (Lipinski definition) is 0. The Bertz CT molecular complexity index is 632. The van der Waals surface area contributed by atoms with E-state index in [0.717, 1.165) is 0 Å². The Balaban J connectivity index is 7.00. The third-order valence-electron chi connectivity index (χ3n) is 3.47. The first-order chi connectivity index (χ1) is 13.2. The second kappa shape index (κ2) is 7.38. The summed E-state index contributed by atoms with van der Waals surface area (Å²) in [6.45, 7) is 0.